The van der Waals surface area contributed by atoms with Crippen LogP contribution in [0.15, 0.2) is 58.9 Å². The van der Waals surface area contributed by atoms with Gasteiger partial charge in [-0.2, -0.15) is 0 Å². The second-order valence-electron chi connectivity index (χ2n) is 7.44. The van der Waals surface area contributed by atoms with Crippen LogP contribution in [0.4, 0.5) is 10.2 Å². The molecule has 1 aromatic heterocycles. The van der Waals surface area contributed by atoms with Gasteiger partial charge in [0.05, 0.1) is 17.2 Å². The maximum Gasteiger partial charge on any atom is 0.141 e. The number of pyridine rings is 1. The Hall–Kier alpha value is -2.49. The minimum Gasteiger partial charge on any atom is -0.343 e. The van der Waals surface area contributed by atoms with Crippen molar-refractivity contribution in [2.24, 2.45) is 4.99 Å². The molecule has 1 N–H and O–H groups in total. The number of halogens is 1. The van der Waals surface area contributed by atoms with Crippen molar-refractivity contribution in [3.63, 3.8) is 0 Å². The summed E-state index contributed by atoms with van der Waals surface area (Å²) in [5, 5.41) is 3.45. The summed E-state index contributed by atoms with van der Waals surface area (Å²) in [4.78, 5) is 9.13. The van der Waals surface area contributed by atoms with E-state index in [1.54, 1.807) is 6.07 Å². The van der Waals surface area contributed by atoms with E-state index in [-0.39, 0.29) is 11.4 Å². The number of allylic oxidation sites excluding steroid dienone is 1. The molecule has 4 heteroatoms. The number of rotatable bonds is 2. The fourth-order valence-electron chi connectivity index (χ4n) is 4.14. The van der Waals surface area contributed by atoms with Gasteiger partial charge in [-0.15, -0.1) is 0 Å². The first kappa shape index (κ1) is 16.0. The molecule has 1 atom stereocenters. The van der Waals surface area contributed by atoms with Gasteiger partial charge in [-0.1, -0.05) is 37.3 Å². The van der Waals surface area contributed by atoms with Crippen molar-refractivity contribution in [1.82, 2.24) is 4.98 Å². The summed E-state index contributed by atoms with van der Waals surface area (Å²) in [5.41, 5.74) is 3.70. The van der Waals surface area contributed by atoms with E-state index in [1.165, 1.54) is 6.20 Å². The summed E-state index contributed by atoms with van der Waals surface area (Å²) in [5.74, 6) is 0.434. The molecule has 128 valence electrons. The smallest absolute Gasteiger partial charge is 0.141 e. The number of nitrogens with zero attached hydrogens (tertiary/aromatic N) is 2. The molecule has 0 unspecified atom stereocenters. The number of aliphatic imine (C=N–C) groups is 1. The topological polar surface area (TPSA) is 37.3 Å². The maximum absolute atomic E-state index is 14.1. The largest absolute Gasteiger partial charge is 0.343 e. The Bertz CT molecular complexity index is 883. The molecule has 3 heterocycles. The molecule has 2 aliphatic rings. The monoisotopic (exact) mass is 335 g/mol. The first-order valence-corrected chi connectivity index (χ1v) is 8.74. The molecular weight excluding hydrogens is 313 g/mol. The van der Waals surface area contributed by atoms with Gasteiger partial charge >= 0.3 is 0 Å². The van der Waals surface area contributed by atoms with Gasteiger partial charge in [-0.25, -0.2) is 9.37 Å². The number of dihydropyridines is 1. The Morgan fingerprint density at radius 1 is 1.20 bits per heavy atom. The first-order valence-electron chi connectivity index (χ1n) is 8.74. The highest BCUT2D eigenvalue weighted by molar-refractivity contribution is 5.90. The number of nitrogens with one attached hydrogen (secondary N) is 1. The highest BCUT2D eigenvalue weighted by Gasteiger charge is 2.45. The molecule has 0 amide bonds. The number of anilines is 1. The summed E-state index contributed by atoms with van der Waals surface area (Å²) in [6, 6.07) is 11.9. The van der Waals surface area contributed by atoms with Gasteiger partial charge in [0.15, 0.2) is 0 Å². The zero-order valence-corrected chi connectivity index (χ0v) is 14.8. The quantitative estimate of drug-likeness (QED) is 0.852. The minimum absolute atomic E-state index is 0.153. The highest BCUT2D eigenvalue weighted by Crippen LogP contribution is 2.50. The van der Waals surface area contributed by atoms with E-state index in [4.69, 9.17) is 4.99 Å². The average molecular weight is 335 g/mol. The van der Waals surface area contributed by atoms with Crippen molar-refractivity contribution < 1.29 is 4.39 Å². The molecule has 0 radical (unpaired) electrons. The fourth-order valence-corrected chi connectivity index (χ4v) is 4.14. The Morgan fingerprint density at radius 3 is 2.68 bits per heavy atom. The number of fused-ring (bicyclic) bond motifs is 1. The summed E-state index contributed by atoms with van der Waals surface area (Å²) in [6.07, 6.45) is 4.88. The lowest BCUT2D eigenvalue weighted by Gasteiger charge is -2.44. The van der Waals surface area contributed by atoms with Gasteiger partial charge in [0.25, 0.3) is 0 Å². The summed E-state index contributed by atoms with van der Waals surface area (Å²) >= 11 is 0. The van der Waals surface area contributed by atoms with E-state index in [9.17, 15) is 4.39 Å². The Labute approximate surface area is 147 Å². The van der Waals surface area contributed by atoms with Crippen LogP contribution in [-0.4, -0.2) is 16.7 Å². The van der Waals surface area contributed by atoms with Gasteiger partial charge in [0.1, 0.15) is 11.6 Å². The minimum atomic E-state index is -0.438. The lowest BCUT2D eigenvalue weighted by Crippen LogP contribution is -2.40. The molecule has 3 nitrogen and oxygen atoms in total. The average Bonchev–Trinajstić information content (AvgIpc) is 2.60. The normalized spacial score (nSPS) is 23.7. The van der Waals surface area contributed by atoms with E-state index in [1.807, 2.05) is 24.4 Å². The molecule has 4 rings (SSSR count). The number of hydrogen-bond acceptors (Lipinski definition) is 3. The molecular formula is C21H22FN3. The highest BCUT2D eigenvalue weighted by atomic mass is 19.1. The van der Waals surface area contributed by atoms with Crippen molar-refractivity contribution in [2.75, 3.05) is 5.32 Å². The van der Waals surface area contributed by atoms with Crippen molar-refractivity contribution in [1.29, 1.82) is 0 Å². The van der Waals surface area contributed by atoms with E-state index >= 15 is 0 Å². The molecule has 0 spiro atoms. The van der Waals surface area contributed by atoms with Crippen molar-refractivity contribution in [2.45, 2.75) is 44.6 Å². The molecule has 25 heavy (non-hydrogen) atoms. The van der Waals surface area contributed by atoms with Crippen LogP contribution < -0.4 is 5.32 Å². The van der Waals surface area contributed by atoms with Crippen LogP contribution in [0.2, 0.25) is 0 Å². The van der Waals surface area contributed by atoms with Gasteiger partial charge < -0.3 is 5.32 Å². The van der Waals surface area contributed by atoms with E-state index in [0.717, 1.165) is 41.1 Å². The number of benzene rings is 1. The Morgan fingerprint density at radius 2 is 1.96 bits per heavy atom. The maximum atomic E-state index is 14.1. The Kier molecular flexibility index (Phi) is 3.53. The lowest BCUT2D eigenvalue weighted by atomic mass is 9.64. The number of aromatic nitrogens is 1. The molecule has 2 aromatic rings. The van der Waals surface area contributed by atoms with Gasteiger partial charge in [0.2, 0.25) is 0 Å². The summed E-state index contributed by atoms with van der Waals surface area (Å²) in [7, 11) is 0. The third kappa shape index (κ3) is 2.39. The van der Waals surface area contributed by atoms with Crippen molar-refractivity contribution >= 4 is 12.0 Å². The molecule has 0 fully saturated rings. The van der Waals surface area contributed by atoms with Crippen LogP contribution in [0.1, 0.15) is 44.7 Å². The number of hydrogen-bond donors (Lipinski definition) is 1. The first-order chi connectivity index (χ1) is 12.0. The Balaban J connectivity index is 2.03. The van der Waals surface area contributed by atoms with Crippen LogP contribution in [0.5, 0.6) is 0 Å². The molecule has 0 saturated carbocycles. The second-order valence-corrected chi connectivity index (χ2v) is 7.44. The molecule has 0 saturated heterocycles. The van der Waals surface area contributed by atoms with E-state index < -0.39 is 5.41 Å². The third-order valence-electron chi connectivity index (χ3n) is 5.32. The van der Waals surface area contributed by atoms with Crippen molar-refractivity contribution in [3.8, 4) is 0 Å². The molecule has 0 aliphatic carbocycles. The lowest BCUT2D eigenvalue weighted by molar-refractivity contribution is 0.490. The molecule has 2 aliphatic heterocycles. The second kappa shape index (κ2) is 5.51. The van der Waals surface area contributed by atoms with Crippen LogP contribution in [0, 0.1) is 5.82 Å². The van der Waals surface area contributed by atoms with Crippen LogP contribution >= 0.6 is 0 Å². The standard InChI is InChI=1S/C21H22FN3/c1-4-21(14-8-6-5-7-9-14)16-10-15(22)12-23-19(16)25-18-11-20(2,3)24-13-17(18)21/h5-10,12-13H,4,11H2,1-3H3,(H,23,25)/t21-/m1/s1. The molecule has 1 aromatic carbocycles. The zero-order valence-electron chi connectivity index (χ0n) is 14.8. The SMILES string of the molecule is CC[C@]1(c2ccccc2)C2=C(CC(C)(C)N=C2)Nc2ncc(F)cc21. The molecule has 0 bridgehead atoms. The summed E-state index contributed by atoms with van der Waals surface area (Å²) < 4.78 is 14.1. The fraction of sp³-hybridized carbons (Fsp3) is 0.333. The van der Waals surface area contributed by atoms with Gasteiger partial charge in [-0.3, -0.25) is 4.99 Å². The van der Waals surface area contributed by atoms with Gasteiger partial charge in [-0.05, 0) is 31.9 Å². The van der Waals surface area contributed by atoms with Crippen LogP contribution in [-0.2, 0) is 5.41 Å². The van der Waals surface area contributed by atoms with Crippen LogP contribution in [0.3, 0.4) is 0 Å². The third-order valence-corrected chi connectivity index (χ3v) is 5.32. The zero-order chi connectivity index (χ0) is 17.7. The van der Waals surface area contributed by atoms with E-state index in [0.29, 0.717) is 0 Å². The summed E-state index contributed by atoms with van der Waals surface area (Å²) in [6.45, 7) is 6.39. The predicted molar refractivity (Wildman–Crippen MR) is 99.5 cm³/mol. The predicted octanol–water partition coefficient (Wildman–Crippen LogP) is 4.85. The van der Waals surface area contributed by atoms with E-state index in [2.05, 4.69) is 43.2 Å². The van der Waals surface area contributed by atoms with Crippen molar-refractivity contribution in [3.05, 3.63) is 70.8 Å². The van der Waals surface area contributed by atoms with Gasteiger partial charge in [0, 0.05) is 29.5 Å². The van der Waals surface area contributed by atoms with Crippen LogP contribution in [0.25, 0.3) is 0 Å².